The van der Waals surface area contributed by atoms with Crippen molar-refractivity contribution in [2.24, 2.45) is 5.14 Å². The topological polar surface area (TPSA) is 69.4 Å². The highest BCUT2D eigenvalue weighted by molar-refractivity contribution is 7.89. The maximum atomic E-state index is 13.5. The average Bonchev–Trinajstić information content (AvgIpc) is 2.35. The molecule has 0 aliphatic carbocycles. The summed E-state index contributed by atoms with van der Waals surface area (Å²) in [6.45, 7) is 3.35. The van der Waals surface area contributed by atoms with Crippen LogP contribution in [0.25, 0.3) is 0 Å². The van der Waals surface area contributed by atoms with Gasteiger partial charge in [-0.1, -0.05) is 18.2 Å². The summed E-state index contributed by atoms with van der Waals surface area (Å²) in [5, 5.41) is 5.18. The number of primary sulfonamides is 1. The first kappa shape index (κ1) is 15.5. The summed E-state index contributed by atoms with van der Waals surface area (Å²) < 4.78 is 42.0. The highest BCUT2D eigenvalue weighted by atomic mass is 32.2. The Bertz CT molecular complexity index is 749. The van der Waals surface area contributed by atoms with Crippen LogP contribution in [0.4, 0.5) is 4.39 Å². The van der Waals surface area contributed by atoms with Gasteiger partial charge in [0.05, 0.1) is 4.90 Å². The zero-order chi connectivity index (χ0) is 15.6. The van der Waals surface area contributed by atoms with Crippen LogP contribution < -0.4 is 9.88 Å². The number of aryl methyl sites for hydroxylation is 2. The first-order valence-corrected chi connectivity index (χ1v) is 7.84. The van der Waals surface area contributed by atoms with E-state index in [2.05, 4.69) is 0 Å². The molecule has 21 heavy (non-hydrogen) atoms. The highest BCUT2D eigenvalue weighted by Gasteiger charge is 2.16. The van der Waals surface area contributed by atoms with Gasteiger partial charge in [-0.15, -0.1) is 0 Å². The van der Waals surface area contributed by atoms with Crippen molar-refractivity contribution in [3.63, 3.8) is 0 Å². The Kier molecular flexibility index (Phi) is 4.29. The minimum atomic E-state index is -3.77. The van der Waals surface area contributed by atoms with E-state index >= 15 is 0 Å². The third-order valence-electron chi connectivity index (χ3n) is 3.07. The molecule has 112 valence electrons. The van der Waals surface area contributed by atoms with Crippen LogP contribution in [-0.4, -0.2) is 8.42 Å². The summed E-state index contributed by atoms with van der Waals surface area (Å²) in [5.41, 5.74) is 1.44. The van der Waals surface area contributed by atoms with Gasteiger partial charge in [-0.05, 0) is 43.2 Å². The smallest absolute Gasteiger partial charge is 0.238 e. The molecule has 0 unspecified atom stereocenters. The van der Waals surface area contributed by atoms with Crippen LogP contribution in [0.3, 0.4) is 0 Å². The Labute approximate surface area is 123 Å². The molecule has 2 rings (SSSR count). The largest absolute Gasteiger partial charge is 0.489 e. The van der Waals surface area contributed by atoms with E-state index in [0.29, 0.717) is 22.4 Å². The van der Waals surface area contributed by atoms with Crippen molar-refractivity contribution in [3.05, 3.63) is 58.9 Å². The lowest BCUT2D eigenvalue weighted by Gasteiger charge is -2.12. The molecule has 2 N–H and O–H groups in total. The second kappa shape index (κ2) is 5.83. The van der Waals surface area contributed by atoms with Gasteiger partial charge in [-0.25, -0.2) is 17.9 Å². The fourth-order valence-corrected chi connectivity index (χ4v) is 3.23. The lowest BCUT2D eigenvalue weighted by molar-refractivity contribution is 0.299. The minimum Gasteiger partial charge on any atom is -0.489 e. The summed E-state index contributed by atoms with van der Waals surface area (Å²) in [5.74, 6) is 0.132. The maximum Gasteiger partial charge on any atom is 0.238 e. The van der Waals surface area contributed by atoms with Crippen molar-refractivity contribution >= 4 is 10.0 Å². The Morgan fingerprint density at radius 2 is 1.71 bits per heavy atom. The molecule has 0 bridgehead atoms. The quantitative estimate of drug-likeness (QED) is 0.944. The summed E-state index contributed by atoms with van der Waals surface area (Å²) in [7, 11) is -3.77. The van der Waals surface area contributed by atoms with E-state index in [4.69, 9.17) is 9.88 Å². The van der Waals surface area contributed by atoms with Gasteiger partial charge in [-0.2, -0.15) is 0 Å². The number of nitrogens with two attached hydrogens (primary N) is 1. The number of hydrogen-bond donors (Lipinski definition) is 1. The van der Waals surface area contributed by atoms with Gasteiger partial charge < -0.3 is 4.74 Å². The number of rotatable bonds is 4. The van der Waals surface area contributed by atoms with Gasteiger partial charge in [0.1, 0.15) is 18.2 Å². The molecule has 0 fully saturated rings. The lowest BCUT2D eigenvalue weighted by atomic mass is 10.1. The normalized spacial score (nSPS) is 11.4. The number of ether oxygens (including phenoxy) is 1. The first-order valence-electron chi connectivity index (χ1n) is 6.29. The third-order valence-corrected chi connectivity index (χ3v) is 4.28. The summed E-state index contributed by atoms with van der Waals surface area (Å²) in [6.07, 6.45) is 0. The molecule has 0 aromatic heterocycles. The fourth-order valence-electron chi connectivity index (χ4n) is 2.22. The number of hydrogen-bond acceptors (Lipinski definition) is 3. The Morgan fingerprint density at radius 1 is 1.14 bits per heavy atom. The summed E-state index contributed by atoms with van der Waals surface area (Å²) in [6, 6.07) is 9.48. The molecule has 6 heteroatoms. The maximum absolute atomic E-state index is 13.5. The molecule has 0 heterocycles. The predicted octanol–water partition coefficient (Wildman–Crippen LogP) is 2.67. The SMILES string of the molecule is Cc1cc(OCc2ccccc2F)cc(C)c1S(N)(=O)=O. The van der Waals surface area contributed by atoms with Crippen LogP contribution in [0, 0.1) is 19.7 Å². The second-order valence-electron chi connectivity index (χ2n) is 4.81. The molecule has 2 aromatic rings. The van der Waals surface area contributed by atoms with E-state index in [1.807, 2.05) is 0 Å². The number of halogens is 1. The van der Waals surface area contributed by atoms with Crippen LogP contribution in [0.2, 0.25) is 0 Å². The van der Waals surface area contributed by atoms with Crippen LogP contribution >= 0.6 is 0 Å². The molecule has 0 atom stereocenters. The highest BCUT2D eigenvalue weighted by Crippen LogP contribution is 2.25. The fraction of sp³-hybridized carbons (Fsp3) is 0.200. The second-order valence-corrected chi connectivity index (χ2v) is 6.31. The van der Waals surface area contributed by atoms with Crippen molar-refractivity contribution in [2.75, 3.05) is 0 Å². The molecule has 0 aliphatic rings. The molecule has 0 saturated carbocycles. The lowest BCUT2D eigenvalue weighted by Crippen LogP contribution is -2.15. The molecular weight excluding hydrogens is 293 g/mol. The first-order chi connectivity index (χ1) is 9.79. The molecule has 2 aromatic carbocycles. The zero-order valence-corrected chi connectivity index (χ0v) is 12.6. The van der Waals surface area contributed by atoms with Crippen molar-refractivity contribution < 1.29 is 17.5 Å². The Morgan fingerprint density at radius 3 is 2.24 bits per heavy atom. The molecule has 0 aliphatic heterocycles. The molecule has 0 spiro atoms. The minimum absolute atomic E-state index is 0.0697. The van der Waals surface area contributed by atoms with Gasteiger partial charge in [0, 0.05) is 5.56 Å². The molecule has 0 saturated heterocycles. The molecule has 0 amide bonds. The summed E-state index contributed by atoms with van der Waals surface area (Å²) >= 11 is 0. The summed E-state index contributed by atoms with van der Waals surface area (Å²) in [4.78, 5) is 0.0979. The monoisotopic (exact) mass is 309 g/mol. The van der Waals surface area contributed by atoms with Crippen molar-refractivity contribution in [1.82, 2.24) is 0 Å². The zero-order valence-electron chi connectivity index (χ0n) is 11.8. The number of sulfonamides is 1. The van der Waals surface area contributed by atoms with E-state index in [1.54, 1.807) is 44.2 Å². The third kappa shape index (κ3) is 3.59. The Balaban J connectivity index is 2.25. The van der Waals surface area contributed by atoms with Gasteiger partial charge in [0.15, 0.2) is 0 Å². The van der Waals surface area contributed by atoms with Crippen molar-refractivity contribution in [2.45, 2.75) is 25.3 Å². The van der Waals surface area contributed by atoms with Crippen molar-refractivity contribution in [3.8, 4) is 5.75 Å². The van der Waals surface area contributed by atoms with E-state index in [-0.39, 0.29) is 17.3 Å². The van der Waals surface area contributed by atoms with Gasteiger partial charge >= 0.3 is 0 Å². The van der Waals surface area contributed by atoms with Crippen LogP contribution in [0.15, 0.2) is 41.3 Å². The molecular formula is C15H16FNO3S. The van der Waals surface area contributed by atoms with Crippen molar-refractivity contribution in [1.29, 1.82) is 0 Å². The van der Waals surface area contributed by atoms with Gasteiger partial charge in [0.25, 0.3) is 0 Å². The predicted molar refractivity (Wildman–Crippen MR) is 78.0 cm³/mol. The van der Waals surface area contributed by atoms with Crippen LogP contribution in [0.1, 0.15) is 16.7 Å². The van der Waals surface area contributed by atoms with Gasteiger partial charge in [0.2, 0.25) is 10.0 Å². The molecule has 4 nitrogen and oxygen atoms in total. The standard InChI is InChI=1S/C15H16FNO3S/c1-10-7-13(8-11(2)15(10)21(17,18)19)20-9-12-5-3-4-6-14(12)16/h3-8H,9H2,1-2H3,(H2,17,18,19). The van der Waals surface area contributed by atoms with E-state index in [1.165, 1.54) is 6.07 Å². The van der Waals surface area contributed by atoms with Gasteiger partial charge in [-0.3, -0.25) is 0 Å². The van der Waals surface area contributed by atoms with E-state index in [0.717, 1.165) is 0 Å². The van der Waals surface area contributed by atoms with Crippen LogP contribution in [-0.2, 0) is 16.6 Å². The Hall–Kier alpha value is -1.92. The van der Waals surface area contributed by atoms with Crippen LogP contribution in [0.5, 0.6) is 5.75 Å². The van der Waals surface area contributed by atoms with E-state index in [9.17, 15) is 12.8 Å². The average molecular weight is 309 g/mol. The number of benzene rings is 2. The molecule has 0 radical (unpaired) electrons. The van der Waals surface area contributed by atoms with E-state index < -0.39 is 10.0 Å².